The van der Waals surface area contributed by atoms with Crippen LogP contribution in [-0.4, -0.2) is 48.0 Å². The molecule has 1 aliphatic rings. The molecule has 0 saturated carbocycles. The number of hydrogen-bond donors (Lipinski definition) is 1. The lowest BCUT2D eigenvalue weighted by atomic mass is 10.1. The monoisotopic (exact) mass is 276 g/mol. The van der Waals surface area contributed by atoms with Crippen LogP contribution < -0.4 is 5.32 Å². The summed E-state index contributed by atoms with van der Waals surface area (Å²) in [5.41, 5.74) is -0.486. The molecule has 0 bridgehead atoms. The average molecular weight is 277 g/mol. The molecule has 0 aliphatic carbocycles. The van der Waals surface area contributed by atoms with E-state index < -0.39 is 11.7 Å². The smallest absolute Gasteiger partial charge is 0.407 e. The molecule has 104 valence electrons. The number of halogens is 1. The first-order chi connectivity index (χ1) is 8.31. The van der Waals surface area contributed by atoms with Gasteiger partial charge in [0.2, 0.25) is 5.91 Å². The van der Waals surface area contributed by atoms with Crippen LogP contribution in [0.2, 0.25) is 0 Å². The molecule has 1 fully saturated rings. The summed E-state index contributed by atoms with van der Waals surface area (Å²) in [6.07, 6.45) is 0.475. The zero-order chi connectivity index (χ0) is 13.8. The molecule has 6 heteroatoms. The fourth-order valence-corrected chi connectivity index (χ4v) is 2.02. The Bertz CT molecular complexity index is 315. The van der Waals surface area contributed by atoms with Crippen LogP contribution in [0.15, 0.2) is 0 Å². The van der Waals surface area contributed by atoms with Gasteiger partial charge in [-0.05, 0) is 33.1 Å². The van der Waals surface area contributed by atoms with E-state index in [0.717, 1.165) is 6.42 Å². The number of alkyl halides is 1. The third kappa shape index (κ3) is 5.12. The molecule has 0 unspecified atom stereocenters. The maximum atomic E-state index is 11.5. The minimum absolute atomic E-state index is 0.0201. The molecule has 18 heavy (non-hydrogen) atoms. The Morgan fingerprint density at radius 3 is 2.67 bits per heavy atom. The number of carbonyl (C=O) groups excluding carboxylic acids is 2. The van der Waals surface area contributed by atoms with Crippen LogP contribution in [0.5, 0.6) is 0 Å². The molecular weight excluding hydrogens is 256 g/mol. The molecule has 0 aromatic heterocycles. The largest absolute Gasteiger partial charge is 0.444 e. The van der Waals surface area contributed by atoms with E-state index in [4.69, 9.17) is 16.3 Å². The summed E-state index contributed by atoms with van der Waals surface area (Å²) in [4.78, 5) is 24.5. The van der Waals surface area contributed by atoms with Gasteiger partial charge in [-0.2, -0.15) is 0 Å². The molecule has 0 spiro atoms. The zero-order valence-corrected chi connectivity index (χ0v) is 11.9. The highest BCUT2D eigenvalue weighted by molar-refractivity contribution is 6.27. The fraction of sp³-hybridized carbons (Fsp3) is 0.833. The summed E-state index contributed by atoms with van der Waals surface area (Å²) in [5.74, 6) is 0.257. The maximum absolute atomic E-state index is 11.5. The summed E-state index contributed by atoms with van der Waals surface area (Å²) in [5, 5.41) is 2.73. The predicted octanol–water partition coefficient (Wildman–Crippen LogP) is 1.60. The van der Waals surface area contributed by atoms with Crippen molar-refractivity contribution in [1.82, 2.24) is 10.2 Å². The molecular formula is C12H21ClN2O3. The van der Waals surface area contributed by atoms with E-state index in [0.29, 0.717) is 19.6 Å². The highest BCUT2D eigenvalue weighted by Crippen LogP contribution is 2.16. The van der Waals surface area contributed by atoms with E-state index in [-0.39, 0.29) is 17.7 Å². The number of nitrogens with zero attached hydrogens (tertiary/aromatic N) is 1. The van der Waals surface area contributed by atoms with Gasteiger partial charge in [-0.1, -0.05) is 0 Å². The van der Waals surface area contributed by atoms with Crippen molar-refractivity contribution in [2.45, 2.75) is 32.8 Å². The lowest BCUT2D eigenvalue weighted by Gasteiger charge is -2.20. The Hall–Kier alpha value is -0.970. The van der Waals surface area contributed by atoms with Gasteiger partial charge < -0.3 is 15.0 Å². The third-order valence-electron chi connectivity index (χ3n) is 2.69. The first kappa shape index (κ1) is 15.1. The number of hydrogen-bond acceptors (Lipinski definition) is 3. The number of amides is 2. The van der Waals surface area contributed by atoms with Crippen LogP contribution in [0.1, 0.15) is 27.2 Å². The Balaban J connectivity index is 2.26. The molecule has 1 heterocycles. The second-order valence-electron chi connectivity index (χ2n) is 5.51. The van der Waals surface area contributed by atoms with Gasteiger partial charge in [-0.25, -0.2) is 4.79 Å². The van der Waals surface area contributed by atoms with Crippen LogP contribution >= 0.6 is 11.6 Å². The summed E-state index contributed by atoms with van der Waals surface area (Å²) in [6.45, 7) is 7.36. The maximum Gasteiger partial charge on any atom is 0.407 e. The number of likely N-dealkylation sites (tertiary alicyclic amines) is 1. The molecule has 1 aliphatic heterocycles. The van der Waals surface area contributed by atoms with Gasteiger partial charge in [0.25, 0.3) is 0 Å². The van der Waals surface area contributed by atoms with Crippen molar-refractivity contribution < 1.29 is 14.3 Å². The van der Waals surface area contributed by atoms with Crippen molar-refractivity contribution in [3.63, 3.8) is 0 Å². The van der Waals surface area contributed by atoms with E-state index in [9.17, 15) is 9.59 Å². The number of ether oxygens (including phenoxy) is 1. The van der Waals surface area contributed by atoms with E-state index in [1.54, 1.807) is 4.90 Å². The first-order valence-corrected chi connectivity index (χ1v) is 6.66. The van der Waals surface area contributed by atoms with Crippen LogP contribution in [0, 0.1) is 5.92 Å². The van der Waals surface area contributed by atoms with Crippen molar-refractivity contribution in [3.8, 4) is 0 Å². The van der Waals surface area contributed by atoms with Crippen LogP contribution in [0.25, 0.3) is 0 Å². The lowest BCUT2D eigenvalue weighted by Crippen LogP contribution is -2.36. The van der Waals surface area contributed by atoms with Gasteiger partial charge in [0.15, 0.2) is 0 Å². The molecule has 5 nitrogen and oxygen atoms in total. The van der Waals surface area contributed by atoms with Crippen molar-refractivity contribution in [2.75, 3.05) is 25.5 Å². The standard InChI is InChI=1S/C12H21ClN2O3/c1-12(2,3)18-11(17)14-7-9-4-5-15(8-9)10(16)6-13/h9H,4-8H2,1-3H3,(H,14,17)/t9-/m1/s1. The average Bonchev–Trinajstić information content (AvgIpc) is 2.71. The molecule has 0 aromatic carbocycles. The highest BCUT2D eigenvalue weighted by atomic mass is 35.5. The van der Waals surface area contributed by atoms with Gasteiger partial charge in [0.1, 0.15) is 11.5 Å². The molecule has 1 atom stereocenters. The van der Waals surface area contributed by atoms with Gasteiger partial charge in [-0.3, -0.25) is 4.79 Å². The third-order valence-corrected chi connectivity index (χ3v) is 2.92. The van der Waals surface area contributed by atoms with E-state index in [2.05, 4.69) is 5.32 Å². The van der Waals surface area contributed by atoms with Gasteiger partial charge >= 0.3 is 6.09 Å². The van der Waals surface area contributed by atoms with E-state index >= 15 is 0 Å². The summed E-state index contributed by atoms with van der Waals surface area (Å²) in [7, 11) is 0. The molecule has 0 aromatic rings. The number of alkyl carbamates (subject to hydrolysis) is 1. The van der Waals surface area contributed by atoms with Crippen molar-refractivity contribution >= 4 is 23.6 Å². The molecule has 1 rings (SSSR count). The summed E-state index contributed by atoms with van der Waals surface area (Å²) >= 11 is 5.50. The topological polar surface area (TPSA) is 58.6 Å². The Kier molecular flexibility index (Phi) is 5.26. The Labute approximate surface area is 113 Å². The van der Waals surface area contributed by atoms with Crippen molar-refractivity contribution in [2.24, 2.45) is 5.92 Å². The highest BCUT2D eigenvalue weighted by Gasteiger charge is 2.26. The normalized spacial score (nSPS) is 19.8. The van der Waals surface area contributed by atoms with Gasteiger partial charge in [0, 0.05) is 19.6 Å². The summed E-state index contributed by atoms with van der Waals surface area (Å²) < 4.78 is 5.14. The van der Waals surface area contributed by atoms with E-state index in [1.165, 1.54) is 0 Å². The summed E-state index contributed by atoms with van der Waals surface area (Å²) in [6, 6.07) is 0. The quantitative estimate of drug-likeness (QED) is 0.797. The molecule has 0 radical (unpaired) electrons. The van der Waals surface area contributed by atoms with Gasteiger partial charge in [-0.15, -0.1) is 11.6 Å². The van der Waals surface area contributed by atoms with Crippen molar-refractivity contribution in [1.29, 1.82) is 0 Å². The fourth-order valence-electron chi connectivity index (χ4n) is 1.85. The van der Waals surface area contributed by atoms with Crippen molar-refractivity contribution in [3.05, 3.63) is 0 Å². The number of carbonyl (C=O) groups is 2. The van der Waals surface area contributed by atoms with Crippen LogP contribution in [0.3, 0.4) is 0 Å². The lowest BCUT2D eigenvalue weighted by molar-refractivity contribution is -0.127. The Morgan fingerprint density at radius 2 is 2.11 bits per heavy atom. The molecule has 2 amide bonds. The SMILES string of the molecule is CC(C)(C)OC(=O)NC[C@H]1CCN(C(=O)CCl)C1. The van der Waals surface area contributed by atoms with Gasteiger partial charge in [0.05, 0.1) is 0 Å². The van der Waals surface area contributed by atoms with Crippen LogP contribution in [0.4, 0.5) is 4.79 Å². The first-order valence-electron chi connectivity index (χ1n) is 6.12. The second kappa shape index (κ2) is 6.27. The zero-order valence-electron chi connectivity index (χ0n) is 11.2. The van der Waals surface area contributed by atoms with E-state index in [1.807, 2.05) is 20.8 Å². The number of rotatable bonds is 3. The second-order valence-corrected chi connectivity index (χ2v) is 5.78. The molecule has 1 N–H and O–H groups in total. The predicted molar refractivity (Wildman–Crippen MR) is 69.6 cm³/mol. The molecule has 1 saturated heterocycles. The number of nitrogens with one attached hydrogen (secondary N) is 1. The Morgan fingerprint density at radius 1 is 1.44 bits per heavy atom. The minimum atomic E-state index is -0.486. The minimum Gasteiger partial charge on any atom is -0.444 e. The van der Waals surface area contributed by atoms with Crippen LogP contribution in [-0.2, 0) is 9.53 Å².